The highest BCUT2D eigenvalue weighted by Crippen LogP contribution is 2.30. The Morgan fingerprint density at radius 2 is 1.33 bits per heavy atom. The molecule has 5 aromatic rings. The van der Waals surface area contributed by atoms with Crippen molar-refractivity contribution in [3.05, 3.63) is 118 Å². The molecule has 2 heterocycles. The second-order valence-electron chi connectivity index (χ2n) is 14.7. The number of phenols is 1. The number of aliphatic carboxylic acids is 1. The van der Waals surface area contributed by atoms with Gasteiger partial charge in [-0.3, -0.25) is 9.59 Å². The maximum atomic E-state index is 13.7. The number of phenolic OH excluding ortho intramolecular Hbond substituents is 1. The molecule has 0 saturated heterocycles. The number of unbranched alkanes of at least 4 members (excludes halogenated alkanes) is 4. The first-order chi connectivity index (χ1) is 26.4. The van der Waals surface area contributed by atoms with Gasteiger partial charge >= 0.3 is 5.97 Å². The minimum atomic E-state index is -1.26. The van der Waals surface area contributed by atoms with Crippen molar-refractivity contribution < 1.29 is 29.3 Å². The van der Waals surface area contributed by atoms with Crippen LogP contribution in [0.4, 0.5) is 0 Å². The third kappa shape index (κ3) is 12.0. The van der Waals surface area contributed by atoms with Crippen LogP contribution in [0.15, 0.2) is 97.3 Å². The van der Waals surface area contributed by atoms with Gasteiger partial charge in [-0.1, -0.05) is 102 Å². The highest BCUT2D eigenvalue weighted by molar-refractivity contribution is 7.14. The lowest BCUT2D eigenvalue weighted by Crippen LogP contribution is -2.53. The lowest BCUT2D eigenvalue weighted by atomic mass is 9.95. The maximum Gasteiger partial charge on any atom is 0.326 e. The van der Waals surface area contributed by atoms with Gasteiger partial charge in [-0.25, -0.2) is 14.8 Å². The number of carboxylic acid groups (broad SMARTS) is 1. The number of benzene rings is 3. The monoisotopic (exact) mass is 762 g/mol. The van der Waals surface area contributed by atoms with E-state index in [0.717, 1.165) is 39.3 Å². The normalized spacial score (nSPS) is 12.4. The summed E-state index contributed by atoms with van der Waals surface area (Å²) in [6.07, 6.45) is 9.63. The van der Waals surface area contributed by atoms with Crippen LogP contribution in [0, 0.1) is 0 Å². The first-order valence-corrected chi connectivity index (χ1v) is 19.6. The highest BCUT2D eigenvalue weighted by atomic mass is 32.1. The summed E-state index contributed by atoms with van der Waals surface area (Å²) in [5, 5.41) is 25.1. The predicted molar refractivity (Wildman–Crippen MR) is 217 cm³/mol. The second kappa shape index (κ2) is 19.2. The van der Waals surface area contributed by atoms with Crippen LogP contribution >= 0.6 is 11.3 Å². The fourth-order valence-electron chi connectivity index (χ4n) is 5.93. The minimum Gasteiger partial charge on any atom is -0.508 e. The van der Waals surface area contributed by atoms with Crippen LogP contribution in [-0.2, 0) is 27.8 Å². The number of carboxylic acids is 1. The van der Waals surface area contributed by atoms with Crippen LogP contribution in [0.1, 0.15) is 85.5 Å². The molecule has 55 heavy (non-hydrogen) atoms. The number of carbonyl (C=O) groups is 3. The summed E-state index contributed by atoms with van der Waals surface area (Å²) in [5.41, 5.74) is 3.85. The third-order valence-corrected chi connectivity index (χ3v) is 10.7. The van der Waals surface area contributed by atoms with E-state index < -0.39 is 29.9 Å². The van der Waals surface area contributed by atoms with Gasteiger partial charge in [0.15, 0.2) is 5.82 Å². The van der Waals surface area contributed by atoms with Gasteiger partial charge in [0.25, 0.3) is 5.91 Å². The number of aromatic nitrogens is 2. The quantitative estimate of drug-likeness (QED) is 0.0651. The van der Waals surface area contributed by atoms with Crippen molar-refractivity contribution in [2.75, 3.05) is 6.61 Å². The van der Waals surface area contributed by atoms with Crippen molar-refractivity contribution >= 4 is 29.1 Å². The van der Waals surface area contributed by atoms with Gasteiger partial charge in [-0.15, -0.1) is 11.3 Å². The van der Waals surface area contributed by atoms with Crippen LogP contribution in [0.3, 0.4) is 0 Å². The van der Waals surface area contributed by atoms with Crippen molar-refractivity contribution in [2.45, 2.75) is 90.1 Å². The first-order valence-electron chi connectivity index (χ1n) is 18.8. The Kier molecular flexibility index (Phi) is 14.2. The van der Waals surface area contributed by atoms with Crippen LogP contribution < -0.4 is 15.4 Å². The highest BCUT2D eigenvalue weighted by Gasteiger charge is 2.28. The maximum absolute atomic E-state index is 13.7. The molecule has 10 nitrogen and oxygen atoms in total. The molecule has 2 atom stereocenters. The molecular weight excluding hydrogens is 713 g/mol. The number of amides is 2. The van der Waals surface area contributed by atoms with E-state index in [0.29, 0.717) is 22.9 Å². The van der Waals surface area contributed by atoms with E-state index in [1.54, 1.807) is 30.6 Å². The summed E-state index contributed by atoms with van der Waals surface area (Å²) >= 11 is 1.36. The number of hydrogen-bond donors (Lipinski definition) is 4. The number of ether oxygens (including phenoxy) is 1. The molecule has 0 aliphatic rings. The summed E-state index contributed by atoms with van der Waals surface area (Å²) in [5.74, 6) is -0.840. The third-order valence-electron chi connectivity index (χ3n) is 9.19. The Labute approximate surface area is 327 Å². The molecule has 1 unspecified atom stereocenters. The standard InChI is InChI=1S/C44H50N4O6S/c1-5-6-7-8-9-24-54-35-20-16-31(17-21-35)33-27-45-40(46-28-33)32-14-10-29(11-15-32)25-36(47-42(51)38-22-23-39(55-38)44(2,3)4)41(50)48-37(43(52)53)26-30-12-18-34(49)19-13-30/h10-23,27-28,36-37,49H,5-9,24-26H2,1-4H3,(H,47,51)(H,48,50)(H,52,53)/t36?,37-/m0/s1. The van der Waals surface area contributed by atoms with E-state index in [1.165, 1.54) is 49.2 Å². The Hall–Kier alpha value is -5.55. The smallest absolute Gasteiger partial charge is 0.326 e. The topological polar surface area (TPSA) is 151 Å². The van der Waals surface area contributed by atoms with Gasteiger partial charge < -0.3 is 25.6 Å². The summed E-state index contributed by atoms with van der Waals surface area (Å²) < 4.78 is 5.90. The predicted octanol–water partition coefficient (Wildman–Crippen LogP) is 8.38. The zero-order valence-corrected chi connectivity index (χ0v) is 32.7. The molecule has 3 aromatic carbocycles. The molecule has 0 bridgehead atoms. The van der Waals surface area contributed by atoms with E-state index in [-0.39, 0.29) is 24.0 Å². The zero-order chi connectivity index (χ0) is 39.4. The average Bonchev–Trinajstić information content (AvgIpc) is 3.69. The van der Waals surface area contributed by atoms with Crippen LogP contribution in [0.5, 0.6) is 11.5 Å². The van der Waals surface area contributed by atoms with Crippen LogP contribution in [0.2, 0.25) is 0 Å². The molecule has 288 valence electrons. The number of carbonyl (C=O) groups excluding carboxylic acids is 2. The summed E-state index contributed by atoms with van der Waals surface area (Å²) in [6.45, 7) is 9.10. The average molecular weight is 763 g/mol. The first kappa shape index (κ1) is 40.6. The lowest BCUT2D eigenvalue weighted by Gasteiger charge is -2.22. The minimum absolute atomic E-state index is 0.00560. The summed E-state index contributed by atoms with van der Waals surface area (Å²) in [7, 11) is 0. The number of aromatic hydroxyl groups is 1. The summed E-state index contributed by atoms with van der Waals surface area (Å²) in [6, 6.07) is 22.8. The molecule has 0 aliphatic heterocycles. The van der Waals surface area contributed by atoms with Gasteiger partial charge in [0.1, 0.15) is 23.6 Å². The molecule has 5 rings (SSSR count). The molecule has 0 saturated carbocycles. The molecule has 0 fully saturated rings. The Morgan fingerprint density at radius 3 is 1.93 bits per heavy atom. The van der Waals surface area contributed by atoms with Gasteiger partial charge in [-0.05, 0) is 64.9 Å². The van der Waals surface area contributed by atoms with Crippen LogP contribution in [-0.4, -0.2) is 56.7 Å². The van der Waals surface area contributed by atoms with Crippen LogP contribution in [0.25, 0.3) is 22.5 Å². The molecule has 2 aromatic heterocycles. The second-order valence-corrected chi connectivity index (χ2v) is 15.8. The van der Waals surface area contributed by atoms with E-state index in [9.17, 15) is 24.6 Å². The zero-order valence-electron chi connectivity index (χ0n) is 31.9. The molecule has 0 spiro atoms. The van der Waals surface area contributed by atoms with Gasteiger partial charge in [0.2, 0.25) is 5.91 Å². The van der Waals surface area contributed by atoms with Crippen molar-refractivity contribution in [3.8, 4) is 34.0 Å². The number of thiophene rings is 1. The molecule has 4 N–H and O–H groups in total. The number of hydrogen-bond acceptors (Lipinski definition) is 8. The van der Waals surface area contributed by atoms with Crippen molar-refractivity contribution in [2.24, 2.45) is 0 Å². The fraction of sp³-hybridized carbons (Fsp3) is 0.341. The molecule has 11 heteroatoms. The van der Waals surface area contributed by atoms with Gasteiger partial charge in [-0.2, -0.15) is 0 Å². The lowest BCUT2D eigenvalue weighted by molar-refractivity contribution is -0.142. The van der Waals surface area contributed by atoms with E-state index in [1.807, 2.05) is 54.6 Å². The molecular formula is C44H50N4O6S. The molecule has 2 amide bonds. The summed E-state index contributed by atoms with van der Waals surface area (Å²) in [4.78, 5) is 50.1. The SMILES string of the molecule is CCCCCCCOc1ccc(-c2cnc(-c3ccc(CC(NC(=O)c4ccc(C(C)(C)C)s4)C(=O)N[C@@H](Cc4ccc(O)cc4)C(=O)O)cc3)nc2)cc1. The number of nitrogens with one attached hydrogen (secondary N) is 2. The Bertz CT molecular complexity index is 2000. The molecule has 0 radical (unpaired) electrons. The van der Waals surface area contributed by atoms with E-state index >= 15 is 0 Å². The van der Waals surface area contributed by atoms with E-state index in [2.05, 4.69) is 48.3 Å². The number of nitrogens with zero attached hydrogens (tertiary/aromatic N) is 2. The largest absolute Gasteiger partial charge is 0.508 e. The van der Waals surface area contributed by atoms with Crippen molar-refractivity contribution in [3.63, 3.8) is 0 Å². The van der Waals surface area contributed by atoms with Crippen molar-refractivity contribution in [1.82, 2.24) is 20.6 Å². The van der Waals surface area contributed by atoms with Gasteiger partial charge in [0, 0.05) is 41.2 Å². The Morgan fingerprint density at radius 1 is 0.727 bits per heavy atom. The van der Waals surface area contributed by atoms with Crippen molar-refractivity contribution in [1.29, 1.82) is 0 Å². The van der Waals surface area contributed by atoms with E-state index in [4.69, 9.17) is 4.74 Å². The van der Waals surface area contributed by atoms with Gasteiger partial charge in [0.05, 0.1) is 11.5 Å². The number of rotatable bonds is 18. The fourth-order valence-corrected chi connectivity index (χ4v) is 6.90. The molecule has 0 aliphatic carbocycles. The Balaban J connectivity index is 1.26.